The third-order valence-corrected chi connectivity index (χ3v) is 5.35. The molecule has 0 radical (unpaired) electrons. The average molecular weight is 277 g/mol. The number of nitrogens with zero attached hydrogens (tertiary/aromatic N) is 3. The number of aliphatic hydroxyl groups is 1. The average Bonchev–Trinajstić information content (AvgIpc) is 2.90. The first-order chi connectivity index (χ1) is 9.83. The second-order valence-electron chi connectivity index (χ2n) is 6.60. The van der Waals surface area contributed by atoms with Crippen molar-refractivity contribution in [3.8, 4) is 0 Å². The standard InChI is InChI=1S/C16H27N3O/c1-2-9-19-15(11-20)17-18-16(19)14-8-7-12-5-3-4-6-13(12)10-14/h12-14,20H,2-11H2,1H3. The monoisotopic (exact) mass is 277 g/mol. The van der Waals surface area contributed by atoms with E-state index in [1.54, 1.807) is 0 Å². The molecule has 3 unspecified atom stereocenters. The Labute approximate surface area is 121 Å². The van der Waals surface area contributed by atoms with Crippen molar-refractivity contribution in [3.05, 3.63) is 11.6 Å². The summed E-state index contributed by atoms with van der Waals surface area (Å²) >= 11 is 0. The van der Waals surface area contributed by atoms with Crippen LogP contribution in [0.4, 0.5) is 0 Å². The Bertz CT molecular complexity index is 443. The number of fused-ring (bicyclic) bond motifs is 1. The summed E-state index contributed by atoms with van der Waals surface area (Å²) in [4.78, 5) is 0. The molecule has 2 fully saturated rings. The molecule has 2 aliphatic carbocycles. The maximum Gasteiger partial charge on any atom is 0.158 e. The second kappa shape index (κ2) is 6.25. The zero-order valence-corrected chi connectivity index (χ0v) is 12.6. The van der Waals surface area contributed by atoms with Gasteiger partial charge in [-0.3, -0.25) is 0 Å². The van der Waals surface area contributed by atoms with Crippen molar-refractivity contribution < 1.29 is 5.11 Å². The molecule has 1 N–H and O–H groups in total. The molecular weight excluding hydrogens is 250 g/mol. The van der Waals surface area contributed by atoms with E-state index in [1.165, 1.54) is 44.9 Å². The van der Waals surface area contributed by atoms with E-state index < -0.39 is 0 Å². The van der Waals surface area contributed by atoms with Gasteiger partial charge in [-0.25, -0.2) is 0 Å². The van der Waals surface area contributed by atoms with Gasteiger partial charge in [-0.2, -0.15) is 0 Å². The number of hydrogen-bond acceptors (Lipinski definition) is 3. The van der Waals surface area contributed by atoms with E-state index in [1.807, 2.05) is 0 Å². The van der Waals surface area contributed by atoms with Crippen LogP contribution < -0.4 is 0 Å². The van der Waals surface area contributed by atoms with Gasteiger partial charge in [-0.15, -0.1) is 10.2 Å². The summed E-state index contributed by atoms with van der Waals surface area (Å²) in [5.74, 6) is 4.33. The largest absolute Gasteiger partial charge is 0.388 e. The molecule has 2 aliphatic rings. The van der Waals surface area contributed by atoms with Crippen LogP contribution in [0.5, 0.6) is 0 Å². The van der Waals surface area contributed by atoms with Crippen molar-refractivity contribution >= 4 is 0 Å². The van der Waals surface area contributed by atoms with E-state index in [0.29, 0.717) is 5.92 Å². The summed E-state index contributed by atoms with van der Waals surface area (Å²) in [6.07, 6.45) is 10.7. The van der Waals surface area contributed by atoms with Gasteiger partial charge in [0, 0.05) is 12.5 Å². The maximum absolute atomic E-state index is 9.42. The molecule has 0 aliphatic heterocycles. The molecule has 4 nitrogen and oxygen atoms in total. The Balaban J connectivity index is 1.77. The summed E-state index contributed by atoms with van der Waals surface area (Å²) in [7, 11) is 0. The molecule has 1 aromatic rings. The van der Waals surface area contributed by atoms with Gasteiger partial charge >= 0.3 is 0 Å². The van der Waals surface area contributed by atoms with Crippen molar-refractivity contribution in [2.45, 2.75) is 77.4 Å². The lowest BCUT2D eigenvalue weighted by molar-refractivity contribution is 0.151. The first kappa shape index (κ1) is 14.1. The minimum Gasteiger partial charge on any atom is -0.388 e. The fourth-order valence-corrected chi connectivity index (χ4v) is 4.34. The van der Waals surface area contributed by atoms with Crippen molar-refractivity contribution in [1.82, 2.24) is 14.8 Å². The zero-order chi connectivity index (χ0) is 13.9. The van der Waals surface area contributed by atoms with Crippen LogP contribution >= 0.6 is 0 Å². The predicted molar refractivity (Wildman–Crippen MR) is 78.3 cm³/mol. The van der Waals surface area contributed by atoms with Gasteiger partial charge in [-0.05, 0) is 37.5 Å². The van der Waals surface area contributed by atoms with Gasteiger partial charge in [0.2, 0.25) is 0 Å². The van der Waals surface area contributed by atoms with E-state index >= 15 is 0 Å². The topological polar surface area (TPSA) is 50.9 Å². The molecule has 0 saturated heterocycles. The summed E-state index contributed by atoms with van der Waals surface area (Å²) in [6, 6.07) is 0. The molecule has 0 spiro atoms. The van der Waals surface area contributed by atoms with E-state index in [0.717, 1.165) is 36.5 Å². The molecule has 20 heavy (non-hydrogen) atoms. The number of aromatic nitrogens is 3. The van der Waals surface area contributed by atoms with Gasteiger partial charge in [0.05, 0.1) is 0 Å². The van der Waals surface area contributed by atoms with Crippen LogP contribution in [0.15, 0.2) is 0 Å². The molecule has 4 heteroatoms. The Morgan fingerprint density at radius 3 is 2.65 bits per heavy atom. The van der Waals surface area contributed by atoms with Crippen molar-refractivity contribution in [2.24, 2.45) is 11.8 Å². The quantitative estimate of drug-likeness (QED) is 0.919. The van der Waals surface area contributed by atoms with Gasteiger partial charge in [-0.1, -0.05) is 32.6 Å². The van der Waals surface area contributed by atoms with Crippen molar-refractivity contribution in [3.63, 3.8) is 0 Å². The van der Waals surface area contributed by atoms with Gasteiger partial charge < -0.3 is 9.67 Å². The normalized spacial score (nSPS) is 30.2. The van der Waals surface area contributed by atoms with Crippen LogP contribution in [0.25, 0.3) is 0 Å². The van der Waals surface area contributed by atoms with Crippen LogP contribution in [0, 0.1) is 11.8 Å². The molecule has 0 amide bonds. The fourth-order valence-electron chi connectivity index (χ4n) is 4.34. The first-order valence-electron chi connectivity index (χ1n) is 8.36. The highest BCUT2D eigenvalue weighted by Gasteiger charge is 2.34. The van der Waals surface area contributed by atoms with Crippen LogP contribution in [0.2, 0.25) is 0 Å². The van der Waals surface area contributed by atoms with Crippen molar-refractivity contribution in [2.75, 3.05) is 0 Å². The highest BCUT2D eigenvalue weighted by molar-refractivity contribution is 5.05. The molecule has 1 heterocycles. The van der Waals surface area contributed by atoms with Crippen LogP contribution in [0.3, 0.4) is 0 Å². The highest BCUT2D eigenvalue weighted by atomic mass is 16.3. The molecular formula is C16H27N3O. The minimum atomic E-state index is 0.00573. The molecule has 1 aromatic heterocycles. The Morgan fingerprint density at radius 1 is 1.10 bits per heavy atom. The van der Waals surface area contributed by atoms with Crippen LogP contribution in [0.1, 0.15) is 75.9 Å². The Hall–Kier alpha value is -0.900. The van der Waals surface area contributed by atoms with E-state index in [9.17, 15) is 5.11 Å². The lowest BCUT2D eigenvalue weighted by Crippen LogP contribution is -2.28. The maximum atomic E-state index is 9.42. The molecule has 112 valence electrons. The Kier molecular flexibility index (Phi) is 4.39. The summed E-state index contributed by atoms with van der Waals surface area (Å²) in [5, 5.41) is 18.0. The second-order valence-corrected chi connectivity index (χ2v) is 6.60. The van der Waals surface area contributed by atoms with E-state index in [-0.39, 0.29) is 6.61 Å². The molecule has 3 atom stereocenters. The summed E-state index contributed by atoms with van der Waals surface area (Å²) < 4.78 is 2.17. The van der Waals surface area contributed by atoms with Crippen LogP contribution in [-0.4, -0.2) is 19.9 Å². The van der Waals surface area contributed by atoms with Crippen LogP contribution in [-0.2, 0) is 13.2 Å². The number of aliphatic hydroxyl groups excluding tert-OH is 1. The van der Waals surface area contributed by atoms with Gasteiger partial charge in [0.25, 0.3) is 0 Å². The summed E-state index contributed by atoms with van der Waals surface area (Å²) in [6.45, 7) is 3.11. The SMILES string of the molecule is CCCn1c(CO)nnc1C1CCC2CCCCC2C1. The lowest BCUT2D eigenvalue weighted by atomic mass is 9.67. The van der Waals surface area contributed by atoms with E-state index in [4.69, 9.17) is 0 Å². The predicted octanol–water partition coefficient (Wildman–Crippen LogP) is 3.25. The molecule has 2 saturated carbocycles. The third-order valence-electron chi connectivity index (χ3n) is 5.35. The zero-order valence-electron chi connectivity index (χ0n) is 12.6. The first-order valence-corrected chi connectivity index (χ1v) is 8.36. The van der Waals surface area contributed by atoms with E-state index in [2.05, 4.69) is 21.7 Å². The molecule has 3 rings (SSSR count). The smallest absolute Gasteiger partial charge is 0.158 e. The highest BCUT2D eigenvalue weighted by Crippen LogP contribution is 2.45. The fraction of sp³-hybridized carbons (Fsp3) is 0.875. The number of hydrogen-bond donors (Lipinski definition) is 1. The Morgan fingerprint density at radius 2 is 1.90 bits per heavy atom. The summed E-state index contributed by atoms with van der Waals surface area (Å²) in [5.41, 5.74) is 0. The molecule has 0 bridgehead atoms. The van der Waals surface area contributed by atoms with Crippen molar-refractivity contribution in [1.29, 1.82) is 0 Å². The minimum absolute atomic E-state index is 0.00573. The number of rotatable bonds is 4. The molecule has 0 aromatic carbocycles. The lowest BCUT2D eigenvalue weighted by Gasteiger charge is -2.39. The van der Waals surface area contributed by atoms with Gasteiger partial charge in [0.15, 0.2) is 5.82 Å². The third kappa shape index (κ3) is 2.62. The van der Waals surface area contributed by atoms with Gasteiger partial charge in [0.1, 0.15) is 12.4 Å².